The van der Waals surface area contributed by atoms with Gasteiger partial charge in [-0.25, -0.2) is 0 Å². The number of hydrogen-bond donors (Lipinski definition) is 1. The van der Waals surface area contributed by atoms with Gasteiger partial charge in [0.15, 0.2) is 0 Å². The number of rotatable bonds is 7. The minimum atomic E-state index is 0.442. The van der Waals surface area contributed by atoms with Crippen LogP contribution >= 0.6 is 0 Å². The second-order valence-electron chi connectivity index (χ2n) is 8.80. The fraction of sp³-hybridized carbons (Fsp3) is 1.00. The van der Waals surface area contributed by atoms with E-state index in [4.69, 9.17) is 4.74 Å². The molecule has 2 nitrogen and oxygen atoms in total. The van der Waals surface area contributed by atoms with Crippen molar-refractivity contribution in [2.24, 2.45) is 16.7 Å². The Balaban J connectivity index is 1.53. The van der Waals surface area contributed by atoms with Gasteiger partial charge in [0, 0.05) is 18.7 Å². The molecule has 0 aliphatic heterocycles. The van der Waals surface area contributed by atoms with Crippen LogP contribution in [0.5, 0.6) is 0 Å². The lowest BCUT2D eigenvalue weighted by Gasteiger charge is -2.65. The summed E-state index contributed by atoms with van der Waals surface area (Å²) < 4.78 is 5.73. The van der Waals surface area contributed by atoms with Crippen molar-refractivity contribution in [3.05, 3.63) is 0 Å². The van der Waals surface area contributed by atoms with Crippen LogP contribution in [0.25, 0.3) is 0 Å². The van der Waals surface area contributed by atoms with E-state index in [0.717, 1.165) is 25.7 Å². The zero-order valence-electron chi connectivity index (χ0n) is 13.8. The third-order valence-corrected chi connectivity index (χ3v) is 6.01. The first kappa shape index (κ1) is 14.8. The highest BCUT2D eigenvalue weighted by atomic mass is 16.5. The maximum atomic E-state index is 5.73. The smallest absolute Gasteiger partial charge is 0.0591 e. The molecule has 2 unspecified atom stereocenters. The van der Waals surface area contributed by atoms with Gasteiger partial charge in [-0.05, 0) is 61.7 Å². The molecule has 0 saturated heterocycles. The van der Waals surface area contributed by atoms with Crippen LogP contribution in [0.3, 0.4) is 0 Å². The highest BCUT2D eigenvalue weighted by Gasteiger charge is 2.59. The zero-order valence-corrected chi connectivity index (χ0v) is 13.8. The molecule has 0 aromatic heterocycles. The van der Waals surface area contributed by atoms with Crippen LogP contribution in [0.2, 0.25) is 0 Å². The lowest BCUT2D eigenvalue weighted by molar-refractivity contribution is -0.118. The van der Waals surface area contributed by atoms with E-state index in [-0.39, 0.29) is 0 Å². The molecule has 2 atom stereocenters. The second kappa shape index (κ2) is 5.28. The fourth-order valence-electron chi connectivity index (χ4n) is 6.38. The normalized spacial score (nSPS) is 46.0. The van der Waals surface area contributed by atoms with Crippen LogP contribution in [-0.2, 0) is 4.74 Å². The summed E-state index contributed by atoms with van der Waals surface area (Å²) in [5.74, 6) is 0.981. The summed E-state index contributed by atoms with van der Waals surface area (Å²) in [5.41, 5.74) is 1.67. The van der Waals surface area contributed by atoms with Crippen LogP contribution in [0, 0.1) is 16.7 Å². The molecule has 0 aromatic carbocycles. The van der Waals surface area contributed by atoms with Crippen molar-refractivity contribution in [2.45, 2.75) is 77.7 Å². The van der Waals surface area contributed by atoms with Crippen molar-refractivity contribution >= 4 is 0 Å². The average Bonchev–Trinajstić information content (AvgIpc) is 2.29. The van der Waals surface area contributed by atoms with Gasteiger partial charge in [0.1, 0.15) is 0 Å². The third kappa shape index (κ3) is 2.92. The predicted molar refractivity (Wildman–Crippen MR) is 83.9 cm³/mol. The Hall–Kier alpha value is -0.0800. The van der Waals surface area contributed by atoms with Crippen molar-refractivity contribution in [2.75, 3.05) is 19.8 Å². The van der Waals surface area contributed by atoms with Crippen molar-refractivity contribution < 1.29 is 4.74 Å². The summed E-state index contributed by atoms with van der Waals surface area (Å²) in [5, 5.41) is 3.93. The first-order valence-electron chi connectivity index (χ1n) is 8.79. The Kier molecular flexibility index (Phi) is 3.92. The van der Waals surface area contributed by atoms with E-state index in [9.17, 15) is 0 Å². The topological polar surface area (TPSA) is 21.3 Å². The van der Waals surface area contributed by atoms with Gasteiger partial charge in [0.2, 0.25) is 0 Å². The van der Waals surface area contributed by atoms with Gasteiger partial charge < -0.3 is 10.1 Å². The molecule has 116 valence electrons. The molecule has 0 radical (unpaired) electrons. The molecule has 4 saturated carbocycles. The number of hydrogen-bond acceptors (Lipinski definition) is 2. The molecular formula is C18H33NO. The molecule has 20 heavy (non-hydrogen) atoms. The Morgan fingerprint density at radius 3 is 2.30 bits per heavy atom. The standard InChI is InChI=1S/C18H33NO/c1-4-5-7-20-8-6-19-18-11-15-9-16(2,13-18)12-17(3,10-15)14-18/h15,19H,4-14H2,1-3H3. The summed E-state index contributed by atoms with van der Waals surface area (Å²) in [4.78, 5) is 0. The largest absolute Gasteiger partial charge is 0.380 e. The molecule has 0 heterocycles. The fourth-order valence-corrected chi connectivity index (χ4v) is 6.38. The minimum Gasteiger partial charge on any atom is -0.380 e. The minimum absolute atomic E-state index is 0.442. The molecular weight excluding hydrogens is 246 g/mol. The summed E-state index contributed by atoms with van der Waals surface area (Å²) >= 11 is 0. The predicted octanol–water partition coefficient (Wildman–Crippen LogP) is 4.14. The summed E-state index contributed by atoms with van der Waals surface area (Å²) in [6, 6.07) is 0. The van der Waals surface area contributed by atoms with E-state index in [0.29, 0.717) is 16.4 Å². The van der Waals surface area contributed by atoms with E-state index in [1.807, 2.05) is 0 Å². The van der Waals surface area contributed by atoms with Gasteiger partial charge in [-0.3, -0.25) is 0 Å². The molecule has 4 aliphatic carbocycles. The van der Waals surface area contributed by atoms with Crippen molar-refractivity contribution in [1.82, 2.24) is 5.32 Å². The number of ether oxygens (including phenoxy) is 1. The van der Waals surface area contributed by atoms with Gasteiger partial charge in [-0.2, -0.15) is 0 Å². The lowest BCUT2D eigenvalue weighted by atomic mass is 9.43. The number of nitrogens with one attached hydrogen (secondary N) is 1. The van der Waals surface area contributed by atoms with Crippen LogP contribution in [-0.4, -0.2) is 25.3 Å². The van der Waals surface area contributed by atoms with Crippen molar-refractivity contribution in [3.8, 4) is 0 Å². The Labute approximate surface area is 125 Å². The Bertz CT molecular complexity index is 335. The lowest BCUT2D eigenvalue weighted by Crippen LogP contribution is -2.64. The maximum absolute atomic E-state index is 5.73. The Morgan fingerprint density at radius 1 is 1.00 bits per heavy atom. The van der Waals surface area contributed by atoms with E-state index >= 15 is 0 Å². The Morgan fingerprint density at radius 2 is 1.70 bits per heavy atom. The molecule has 2 heteroatoms. The quantitative estimate of drug-likeness (QED) is 0.707. The molecule has 4 bridgehead atoms. The molecule has 4 rings (SSSR count). The van der Waals surface area contributed by atoms with Crippen molar-refractivity contribution in [3.63, 3.8) is 0 Å². The van der Waals surface area contributed by atoms with Crippen LogP contribution < -0.4 is 5.32 Å². The van der Waals surface area contributed by atoms with Gasteiger partial charge >= 0.3 is 0 Å². The molecule has 4 fully saturated rings. The van der Waals surface area contributed by atoms with E-state index in [1.54, 1.807) is 0 Å². The van der Waals surface area contributed by atoms with E-state index < -0.39 is 0 Å². The average molecular weight is 279 g/mol. The van der Waals surface area contributed by atoms with Crippen LogP contribution in [0.15, 0.2) is 0 Å². The van der Waals surface area contributed by atoms with Gasteiger partial charge in [-0.1, -0.05) is 27.2 Å². The summed E-state index contributed by atoms with van der Waals surface area (Å²) in [6.45, 7) is 10.2. The third-order valence-electron chi connectivity index (χ3n) is 6.01. The van der Waals surface area contributed by atoms with Gasteiger partial charge in [0.25, 0.3) is 0 Å². The molecule has 0 amide bonds. The first-order valence-corrected chi connectivity index (χ1v) is 8.79. The van der Waals surface area contributed by atoms with Crippen LogP contribution in [0.4, 0.5) is 0 Å². The highest BCUT2D eigenvalue weighted by Crippen LogP contribution is 2.66. The monoisotopic (exact) mass is 279 g/mol. The second-order valence-corrected chi connectivity index (χ2v) is 8.80. The van der Waals surface area contributed by atoms with Crippen LogP contribution in [0.1, 0.15) is 72.1 Å². The SMILES string of the molecule is CCCCOCCNC12CC3CC(C)(CC(C)(C3)C1)C2. The number of unbranched alkanes of at least 4 members (excludes halogenated alkanes) is 1. The first-order chi connectivity index (χ1) is 9.47. The van der Waals surface area contributed by atoms with Gasteiger partial charge in [-0.15, -0.1) is 0 Å². The maximum Gasteiger partial charge on any atom is 0.0591 e. The zero-order chi connectivity index (χ0) is 14.3. The molecule has 1 N–H and O–H groups in total. The molecule has 4 aliphatic rings. The summed E-state index contributed by atoms with van der Waals surface area (Å²) in [6.07, 6.45) is 11.1. The highest BCUT2D eigenvalue weighted by molar-refractivity contribution is 5.14. The summed E-state index contributed by atoms with van der Waals surface area (Å²) in [7, 11) is 0. The van der Waals surface area contributed by atoms with E-state index in [1.165, 1.54) is 51.4 Å². The van der Waals surface area contributed by atoms with Gasteiger partial charge in [0.05, 0.1) is 6.61 Å². The van der Waals surface area contributed by atoms with Crippen molar-refractivity contribution in [1.29, 1.82) is 0 Å². The molecule has 0 aromatic rings. The van der Waals surface area contributed by atoms with E-state index in [2.05, 4.69) is 26.1 Å². The molecule has 0 spiro atoms.